The van der Waals surface area contributed by atoms with Crippen molar-refractivity contribution in [3.63, 3.8) is 0 Å². The number of hydrogen-bond acceptors (Lipinski definition) is 1. The second kappa shape index (κ2) is 5.03. The van der Waals surface area contributed by atoms with E-state index >= 15 is 0 Å². The lowest BCUT2D eigenvalue weighted by atomic mass is 9.85. The lowest BCUT2D eigenvalue weighted by Crippen LogP contribution is -2.13. The van der Waals surface area contributed by atoms with E-state index in [4.69, 9.17) is 0 Å². The minimum Gasteiger partial charge on any atom is -0.294 e. The van der Waals surface area contributed by atoms with Crippen LogP contribution in [0.3, 0.4) is 0 Å². The van der Waals surface area contributed by atoms with E-state index in [1.54, 1.807) is 0 Å². The fourth-order valence-corrected chi connectivity index (χ4v) is 2.66. The van der Waals surface area contributed by atoms with Gasteiger partial charge in [0.25, 0.3) is 0 Å². The Balaban J connectivity index is 2.35. The molecule has 1 atom stereocenters. The molecule has 1 aromatic rings. The van der Waals surface area contributed by atoms with Gasteiger partial charge in [-0.05, 0) is 36.7 Å². The van der Waals surface area contributed by atoms with Gasteiger partial charge < -0.3 is 0 Å². The van der Waals surface area contributed by atoms with Crippen molar-refractivity contribution in [2.75, 3.05) is 0 Å². The number of ketones is 1. The van der Waals surface area contributed by atoms with Crippen molar-refractivity contribution in [3.05, 3.63) is 35.4 Å². The molecule has 1 unspecified atom stereocenters. The minimum absolute atomic E-state index is 0.0906. The number of carbonyl (C=O) groups is 1. The van der Waals surface area contributed by atoms with Gasteiger partial charge >= 0.3 is 0 Å². The average molecular weight is 230 g/mol. The smallest absolute Gasteiger partial charge is 0.165 e. The summed E-state index contributed by atoms with van der Waals surface area (Å²) in [4.78, 5) is 12.2. The van der Waals surface area contributed by atoms with Crippen LogP contribution in [0.2, 0.25) is 0 Å². The maximum absolute atomic E-state index is 12.2. The van der Waals surface area contributed by atoms with Crippen LogP contribution in [0.5, 0.6) is 0 Å². The molecule has 0 aliphatic heterocycles. The highest BCUT2D eigenvalue weighted by Gasteiger charge is 2.33. The first-order valence-corrected chi connectivity index (χ1v) is 6.78. The van der Waals surface area contributed by atoms with Gasteiger partial charge in [-0.1, -0.05) is 45.0 Å². The van der Waals surface area contributed by atoms with Gasteiger partial charge in [-0.15, -0.1) is 0 Å². The topological polar surface area (TPSA) is 17.1 Å². The molecular formula is C16H22O. The third-order valence-corrected chi connectivity index (χ3v) is 3.78. The molecule has 1 saturated carbocycles. The highest BCUT2D eigenvalue weighted by molar-refractivity contribution is 5.98. The Labute approximate surface area is 104 Å². The van der Waals surface area contributed by atoms with Crippen molar-refractivity contribution >= 4 is 5.78 Å². The molecule has 1 aromatic carbocycles. The second-order valence-corrected chi connectivity index (χ2v) is 5.46. The zero-order valence-electron chi connectivity index (χ0n) is 11.1. The van der Waals surface area contributed by atoms with Crippen molar-refractivity contribution in [3.8, 4) is 0 Å². The first kappa shape index (κ1) is 12.3. The first-order valence-electron chi connectivity index (χ1n) is 6.78. The molecule has 1 aliphatic rings. The summed E-state index contributed by atoms with van der Waals surface area (Å²) in [6.07, 6.45) is 3.82. The number of carbonyl (C=O) groups excluding carboxylic acids is 1. The molecule has 0 N–H and O–H groups in total. The molecule has 1 aliphatic carbocycles. The van der Waals surface area contributed by atoms with E-state index in [-0.39, 0.29) is 5.92 Å². The van der Waals surface area contributed by atoms with Gasteiger partial charge in [-0.3, -0.25) is 4.79 Å². The fourth-order valence-electron chi connectivity index (χ4n) is 2.66. The molecule has 2 rings (SSSR count). The number of rotatable bonds is 5. The van der Waals surface area contributed by atoms with E-state index in [9.17, 15) is 4.79 Å². The lowest BCUT2D eigenvalue weighted by Gasteiger charge is -2.19. The summed E-state index contributed by atoms with van der Waals surface area (Å²) < 4.78 is 0. The predicted molar refractivity (Wildman–Crippen MR) is 71.4 cm³/mol. The van der Waals surface area contributed by atoms with Crippen molar-refractivity contribution in [1.29, 1.82) is 0 Å². The van der Waals surface area contributed by atoms with E-state index in [0.29, 0.717) is 11.7 Å². The largest absolute Gasteiger partial charge is 0.294 e. The van der Waals surface area contributed by atoms with Crippen LogP contribution in [0.4, 0.5) is 0 Å². The third kappa shape index (κ3) is 2.59. The van der Waals surface area contributed by atoms with Crippen molar-refractivity contribution in [2.24, 2.45) is 11.8 Å². The second-order valence-electron chi connectivity index (χ2n) is 5.46. The van der Waals surface area contributed by atoms with Crippen LogP contribution in [0.15, 0.2) is 24.3 Å². The summed E-state index contributed by atoms with van der Waals surface area (Å²) in [5.41, 5.74) is 2.25. The van der Waals surface area contributed by atoms with Gasteiger partial charge in [0.05, 0.1) is 0 Å². The summed E-state index contributed by atoms with van der Waals surface area (Å²) in [6.45, 7) is 6.20. The lowest BCUT2D eigenvalue weighted by molar-refractivity contribution is 0.0938. The maximum atomic E-state index is 12.2. The number of hydrogen-bond donors (Lipinski definition) is 0. The van der Waals surface area contributed by atoms with Crippen LogP contribution < -0.4 is 0 Å². The molecular weight excluding hydrogens is 208 g/mol. The van der Waals surface area contributed by atoms with Crippen LogP contribution in [-0.2, 0) is 0 Å². The number of benzene rings is 1. The van der Waals surface area contributed by atoms with Gasteiger partial charge in [0.2, 0.25) is 0 Å². The van der Waals surface area contributed by atoms with Gasteiger partial charge in [-0.25, -0.2) is 0 Å². The Morgan fingerprint density at radius 1 is 1.29 bits per heavy atom. The SMILES string of the molecule is CCC(c1ccccc1C(=O)C(C)C)C1CC1. The standard InChI is InChI=1S/C16H22O/c1-4-13(12-9-10-12)14-7-5-6-8-15(14)16(17)11(2)3/h5-8,11-13H,4,9-10H2,1-3H3. The van der Waals surface area contributed by atoms with E-state index in [0.717, 1.165) is 17.9 Å². The fraction of sp³-hybridized carbons (Fsp3) is 0.562. The molecule has 0 heterocycles. The Morgan fingerprint density at radius 3 is 2.47 bits per heavy atom. The molecule has 1 fully saturated rings. The van der Waals surface area contributed by atoms with Crippen LogP contribution >= 0.6 is 0 Å². The van der Waals surface area contributed by atoms with Gasteiger partial charge in [-0.2, -0.15) is 0 Å². The van der Waals surface area contributed by atoms with E-state index in [1.807, 2.05) is 26.0 Å². The Hall–Kier alpha value is -1.11. The molecule has 0 aromatic heterocycles. The number of Topliss-reactive ketones (excluding diaryl/α,β-unsaturated/α-hetero) is 1. The summed E-state index contributed by atoms with van der Waals surface area (Å²) in [7, 11) is 0. The highest BCUT2D eigenvalue weighted by Crippen LogP contribution is 2.45. The monoisotopic (exact) mass is 230 g/mol. The molecule has 0 spiro atoms. The Bertz CT molecular complexity index is 402. The van der Waals surface area contributed by atoms with E-state index in [1.165, 1.54) is 18.4 Å². The summed E-state index contributed by atoms with van der Waals surface area (Å²) >= 11 is 0. The van der Waals surface area contributed by atoms with Crippen LogP contribution in [0.1, 0.15) is 61.9 Å². The molecule has 1 nitrogen and oxygen atoms in total. The van der Waals surface area contributed by atoms with E-state index < -0.39 is 0 Å². The van der Waals surface area contributed by atoms with Crippen molar-refractivity contribution in [2.45, 2.75) is 46.0 Å². The molecule has 0 saturated heterocycles. The normalized spacial score (nSPS) is 17.2. The first-order chi connectivity index (χ1) is 8.15. The summed E-state index contributed by atoms with van der Waals surface area (Å²) in [6, 6.07) is 8.21. The van der Waals surface area contributed by atoms with E-state index in [2.05, 4.69) is 19.1 Å². The van der Waals surface area contributed by atoms with Gasteiger partial charge in [0.15, 0.2) is 5.78 Å². The van der Waals surface area contributed by atoms with Crippen molar-refractivity contribution < 1.29 is 4.79 Å². The molecule has 17 heavy (non-hydrogen) atoms. The third-order valence-electron chi connectivity index (χ3n) is 3.78. The molecule has 0 amide bonds. The molecule has 92 valence electrons. The van der Waals surface area contributed by atoms with Crippen molar-refractivity contribution in [1.82, 2.24) is 0 Å². The predicted octanol–water partition coefficient (Wildman–Crippen LogP) is 4.43. The highest BCUT2D eigenvalue weighted by atomic mass is 16.1. The molecule has 0 bridgehead atoms. The average Bonchev–Trinajstić information content (AvgIpc) is 3.14. The van der Waals surface area contributed by atoms with Gasteiger partial charge in [0, 0.05) is 11.5 Å². The quantitative estimate of drug-likeness (QED) is 0.684. The summed E-state index contributed by atoms with van der Waals surface area (Å²) in [5, 5.41) is 0. The minimum atomic E-state index is 0.0906. The maximum Gasteiger partial charge on any atom is 0.165 e. The molecule has 1 heteroatoms. The van der Waals surface area contributed by atoms with Crippen LogP contribution in [0.25, 0.3) is 0 Å². The molecule has 0 radical (unpaired) electrons. The Morgan fingerprint density at radius 2 is 1.94 bits per heavy atom. The zero-order chi connectivity index (χ0) is 12.4. The van der Waals surface area contributed by atoms with Crippen LogP contribution in [-0.4, -0.2) is 5.78 Å². The Kier molecular flexibility index (Phi) is 3.66. The zero-order valence-corrected chi connectivity index (χ0v) is 11.1. The van der Waals surface area contributed by atoms with Gasteiger partial charge in [0.1, 0.15) is 0 Å². The summed E-state index contributed by atoms with van der Waals surface area (Å²) in [5.74, 6) is 1.79. The van der Waals surface area contributed by atoms with Crippen LogP contribution in [0, 0.1) is 11.8 Å².